The maximum absolute atomic E-state index is 12.1. The second kappa shape index (κ2) is 10.5. The highest BCUT2D eigenvalue weighted by Crippen LogP contribution is 2.20. The predicted molar refractivity (Wildman–Crippen MR) is 120 cm³/mol. The fourth-order valence-electron chi connectivity index (χ4n) is 3.59. The van der Waals surface area contributed by atoms with E-state index in [1.807, 2.05) is 10.9 Å². The second-order valence-corrected chi connectivity index (χ2v) is 8.98. The van der Waals surface area contributed by atoms with Gasteiger partial charge >= 0.3 is 12.1 Å². The molecule has 1 atom stereocenters. The molecule has 0 saturated heterocycles. The summed E-state index contributed by atoms with van der Waals surface area (Å²) in [4.78, 5) is 28.9. The number of aromatic nitrogens is 3. The fraction of sp³-hybridized carbons (Fsp3) is 0.565. The van der Waals surface area contributed by atoms with Crippen molar-refractivity contribution in [3.63, 3.8) is 0 Å². The second-order valence-electron chi connectivity index (χ2n) is 8.98. The Morgan fingerprint density at radius 2 is 2.12 bits per heavy atom. The molecular formula is C23H33N5O4. The van der Waals surface area contributed by atoms with Crippen LogP contribution in [0.2, 0.25) is 0 Å². The number of nitrogens with one attached hydrogen (secondary N) is 2. The van der Waals surface area contributed by atoms with Crippen molar-refractivity contribution in [2.75, 3.05) is 19.0 Å². The first-order valence-electron chi connectivity index (χ1n) is 11.0. The molecule has 0 spiro atoms. The number of pyridine rings is 1. The molecule has 3 rings (SSSR count). The molecule has 2 aromatic heterocycles. The van der Waals surface area contributed by atoms with Crippen molar-refractivity contribution in [1.29, 1.82) is 0 Å². The molecule has 2 N–H and O–H groups in total. The van der Waals surface area contributed by atoms with Crippen molar-refractivity contribution >= 4 is 17.9 Å². The average Bonchev–Trinajstić information content (AvgIpc) is 3.18. The lowest BCUT2D eigenvalue weighted by atomic mass is 10.1. The summed E-state index contributed by atoms with van der Waals surface area (Å²) in [5.41, 5.74) is 2.53. The molecular weight excluding hydrogens is 410 g/mol. The number of methoxy groups -OCH3 is 1. The van der Waals surface area contributed by atoms with Gasteiger partial charge in [0.1, 0.15) is 17.5 Å². The number of carbonyl (C=O) groups excluding carboxylic acids is 2. The fourth-order valence-corrected chi connectivity index (χ4v) is 3.59. The highest BCUT2D eigenvalue weighted by molar-refractivity contribution is 5.81. The molecule has 1 aliphatic heterocycles. The Morgan fingerprint density at radius 1 is 1.31 bits per heavy atom. The number of aryl methyl sites for hydroxylation is 3. The lowest BCUT2D eigenvalue weighted by molar-refractivity contribution is -0.143. The van der Waals surface area contributed by atoms with Gasteiger partial charge < -0.3 is 20.1 Å². The van der Waals surface area contributed by atoms with Gasteiger partial charge in [0.2, 0.25) is 0 Å². The molecule has 1 aliphatic rings. The minimum Gasteiger partial charge on any atom is -0.467 e. The number of hydrogen-bond acceptors (Lipinski definition) is 7. The number of hydrogen-bond donors (Lipinski definition) is 2. The lowest BCUT2D eigenvalue weighted by Gasteiger charge is -2.22. The van der Waals surface area contributed by atoms with Crippen LogP contribution in [0.25, 0.3) is 0 Å². The van der Waals surface area contributed by atoms with Gasteiger partial charge in [0, 0.05) is 31.4 Å². The number of ether oxygens (including phenoxy) is 2. The monoisotopic (exact) mass is 443 g/mol. The standard InChI is InChI=1S/C23H33N5O4/c1-23(2,3)32-22(30)27-19(21(29)31-4)13-16-14-25-28(15-16)12-6-8-18-10-9-17-7-5-11-24-20(17)26-18/h9-10,14-15,19H,5-8,11-13H2,1-4H3,(H,24,26)(H,27,30). The normalized spacial score (nSPS) is 14.1. The minimum absolute atomic E-state index is 0.268. The van der Waals surface area contributed by atoms with E-state index < -0.39 is 23.7 Å². The van der Waals surface area contributed by atoms with Crippen molar-refractivity contribution < 1.29 is 19.1 Å². The molecule has 0 saturated carbocycles. The van der Waals surface area contributed by atoms with Gasteiger partial charge in [0.25, 0.3) is 0 Å². The van der Waals surface area contributed by atoms with Crippen LogP contribution < -0.4 is 10.6 Å². The summed E-state index contributed by atoms with van der Waals surface area (Å²) >= 11 is 0. The first-order chi connectivity index (χ1) is 15.2. The number of alkyl carbamates (subject to hydrolysis) is 1. The topological polar surface area (TPSA) is 107 Å². The molecule has 0 aromatic carbocycles. The van der Waals surface area contributed by atoms with E-state index >= 15 is 0 Å². The predicted octanol–water partition coefficient (Wildman–Crippen LogP) is 2.88. The number of rotatable bonds is 8. The highest BCUT2D eigenvalue weighted by Gasteiger charge is 2.25. The van der Waals surface area contributed by atoms with Crippen molar-refractivity contribution in [3.8, 4) is 0 Å². The number of carbonyl (C=O) groups is 2. The molecule has 1 amide bonds. The first-order valence-corrected chi connectivity index (χ1v) is 11.0. The third-order valence-electron chi connectivity index (χ3n) is 5.08. The summed E-state index contributed by atoms with van der Waals surface area (Å²) in [7, 11) is 1.29. The Hall–Kier alpha value is -3.10. The summed E-state index contributed by atoms with van der Waals surface area (Å²) in [5, 5.41) is 10.3. The van der Waals surface area contributed by atoms with E-state index in [0.29, 0.717) is 0 Å². The number of fused-ring (bicyclic) bond motifs is 1. The van der Waals surface area contributed by atoms with Gasteiger partial charge in [-0.3, -0.25) is 4.68 Å². The molecule has 0 aliphatic carbocycles. The smallest absolute Gasteiger partial charge is 0.408 e. The molecule has 32 heavy (non-hydrogen) atoms. The maximum atomic E-state index is 12.1. The van der Waals surface area contributed by atoms with Crippen LogP contribution in [0.3, 0.4) is 0 Å². The van der Waals surface area contributed by atoms with Gasteiger partial charge in [-0.1, -0.05) is 6.07 Å². The number of nitrogens with zero attached hydrogens (tertiary/aromatic N) is 3. The Kier molecular flexibility index (Phi) is 7.71. The zero-order valence-electron chi connectivity index (χ0n) is 19.3. The zero-order chi connectivity index (χ0) is 23.1. The van der Waals surface area contributed by atoms with Crippen LogP contribution in [0, 0.1) is 0 Å². The number of esters is 1. The summed E-state index contributed by atoms with van der Waals surface area (Å²) in [5.74, 6) is 0.483. The van der Waals surface area contributed by atoms with E-state index in [0.717, 1.165) is 55.8 Å². The molecule has 3 heterocycles. The number of amides is 1. The van der Waals surface area contributed by atoms with Crippen LogP contribution in [-0.4, -0.2) is 52.1 Å². The van der Waals surface area contributed by atoms with Crippen molar-refractivity contribution in [2.45, 2.75) is 71.1 Å². The molecule has 0 bridgehead atoms. The van der Waals surface area contributed by atoms with Crippen LogP contribution in [0.4, 0.5) is 10.6 Å². The van der Waals surface area contributed by atoms with Crippen LogP contribution >= 0.6 is 0 Å². The Morgan fingerprint density at radius 3 is 2.88 bits per heavy atom. The summed E-state index contributed by atoms with van der Waals surface area (Å²) < 4.78 is 11.9. The SMILES string of the molecule is COC(=O)C(Cc1cnn(CCCc2ccc3c(n2)NCCC3)c1)NC(=O)OC(C)(C)C. The van der Waals surface area contributed by atoms with Crippen molar-refractivity contribution in [1.82, 2.24) is 20.1 Å². The van der Waals surface area contributed by atoms with E-state index in [1.54, 1.807) is 27.0 Å². The van der Waals surface area contributed by atoms with E-state index in [1.165, 1.54) is 12.7 Å². The van der Waals surface area contributed by atoms with Gasteiger partial charge in [0.15, 0.2) is 0 Å². The van der Waals surface area contributed by atoms with Crippen LogP contribution in [0.15, 0.2) is 24.5 Å². The van der Waals surface area contributed by atoms with E-state index in [4.69, 9.17) is 14.5 Å². The summed E-state index contributed by atoms with van der Waals surface area (Å²) in [6.07, 6.45) is 7.18. The van der Waals surface area contributed by atoms with Gasteiger partial charge in [0.05, 0.1) is 13.3 Å². The zero-order valence-corrected chi connectivity index (χ0v) is 19.3. The Labute approximate surface area is 188 Å². The van der Waals surface area contributed by atoms with Crippen LogP contribution in [-0.2, 0) is 40.1 Å². The molecule has 174 valence electrons. The van der Waals surface area contributed by atoms with E-state index in [9.17, 15) is 9.59 Å². The maximum Gasteiger partial charge on any atom is 0.408 e. The van der Waals surface area contributed by atoms with Gasteiger partial charge in [-0.25, -0.2) is 14.6 Å². The van der Waals surface area contributed by atoms with Crippen molar-refractivity contribution in [2.24, 2.45) is 0 Å². The molecule has 2 aromatic rings. The van der Waals surface area contributed by atoms with E-state index in [2.05, 4.69) is 27.9 Å². The van der Waals surface area contributed by atoms with Gasteiger partial charge in [-0.15, -0.1) is 0 Å². The molecule has 9 nitrogen and oxygen atoms in total. The molecule has 0 fully saturated rings. The lowest BCUT2D eigenvalue weighted by Crippen LogP contribution is -2.45. The minimum atomic E-state index is -0.848. The Balaban J connectivity index is 1.52. The first kappa shape index (κ1) is 23.6. The van der Waals surface area contributed by atoms with Gasteiger partial charge in [-0.2, -0.15) is 5.10 Å². The van der Waals surface area contributed by atoms with Crippen LogP contribution in [0.1, 0.15) is 50.4 Å². The third-order valence-corrected chi connectivity index (χ3v) is 5.08. The largest absolute Gasteiger partial charge is 0.467 e. The van der Waals surface area contributed by atoms with Crippen molar-refractivity contribution in [3.05, 3.63) is 41.3 Å². The van der Waals surface area contributed by atoms with E-state index in [-0.39, 0.29) is 6.42 Å². The number of anilines is 1. The summed E-state index contributed by atoms with van der Waals surface area (Å²) in [6, 6.07) is 3.42. The molecule has 9 heteroatoms. The Bertz CT molecular complexity index is 935. The highest BCUT2D eigenvalue weighted by atomic mass is 16.6. The van der Waals surface area contributed by atoms with Gasteiger partial charge in [-0.05, 0) is 63.6 Å². The molecule has 0 radical (unpaired) electrons. The molecule has 1 unspecified atom stereocenters. The average molecular weight is 444 g/mol. The quantitative estimate of drug-likeness (QED) is 0.604. The third kappa shape index (κ3) is 6.96. The summed E-state index contributed by atoms with van der Waals surface area (Å²) in [6.45, 7) is 7.00. The van der Waals surface area contributed by atoms with Crippen LogP contribution in [0.5, 0.6) is 0 Å².